The highest BCUT2D eigenvalue weighted by Crippen LogP contribution is 2.21. The van der Waals surface area contributed by atoms with Crippen LogP contribution in [-0.2, 0) is 25.5 Å². The van der Waals surface area contributed by atoms with E-state index in [-0.39, 0.29) is 18.9 Å². The Balaban J connectivity index is 2.81. The number of amides is 1. The van der Waals surface area contributed by atoms with E-state index in [2.05, 4.69) is 10.1 Å². The average Bonchev–Trinajstić information content (AvgIpc) is 2.41. The molecule has 5 nitrogen and oxygen atoms in total. The molecule has 0 aliphatic carbocycles. The molecule has 1 unspecified atom stereocenters. The van der Waals surface area contributed by atoms with Crippen LogP contribution < -0.4 is 5.32 Å². The van der Waals surface area contributed by atoms with Crippen molar-refractivity contribution < 1.29 is 19.1 Å². The van der Waals surface area contributed by atoms with E-state index in [1.165, 1.54) is 21.1 Å². The standard InChI is InChI=1S/C14H17Cl2NO4/c1-14(8-20-2,13(19)21-3)17-12(18)6-9-4-5-10(15)7-11(9)16/h4-5,7H,6,8H2,1-3H3,(H,17,18). The highest BCUT2D eigenvalue weighted by molar-refractivity contribution is 6.35. The molecule has 0 saturated carbocycles. The molecule has 0 bridgehead atoms. The molecule has 0 aliphatic rings. The van der Waals surface area contributed by atoms with Gasteiger partial charge in [0.15, 0.2) is 5.54 Å². The van der Waals surface area contributed by atoms with E-state index in [1.807, 2.05) is 0 Å². The minimum absolute atomic E-state index is 0.000235. The first kappa shape index (κ1) is 17.8. The third-order valence-corrected chi connectivity index (χ3v) is 3.44. The molecule has 1 rings (SSSR count). The van der Waals surface area contributed by atoms with Crippen LogP contribution in [0.15, 0.2) is 18.2 Å². The molecule has 0 aromatic heterocycles. The minimum atomic E-state index is -1.25. The van der Waals surface area contributed by atoms with Crippen LogP contribution in [0, 0.1) is 0 Å². The Labute approximate surface area is 133 Å². The monoisotopic (exact) mass is 333 g/mol. The van der Waals surface area contributed by atoms with E-state index in [1.54, 1.807) is 18.2 Å². The number of halogens is 2. The van der Waals surface area contributed by atoms with Crippen molar-refractivity contribution in [2.45, 2.75) is 18.9 Å². The fraction of sp³-hybridized carbons (Fsp3) is 0.429. The van der Waals surface area contributed by atoms with Crippen LogP contribution in [0.25, 0.3) is 0 Å². The molecule has 0 heterocycles. The Bertz CT molecular complexity index is 536. The van der Waals surface area contributed by atoms with Gasteiger partial charge in [-0.1, -0.05) is 29.3 Å². The summed E-state index contributed by atoms with van der Waals surface area (Å²) in [5.74, 6) is -0.955. The van der Waals surface area contributed by atoms with Gasteiger partial charge in [0.05, 0.1) is 20.1 Å². The van der Waals surface area contributed by atoms with Crippen LogP contribution in [0.5, 0.6) is 0 Å². The molecular weight excluding hydrogens is 317 g/mol. The second-order valence-corrected chi connectivity index (χ2v) is 5.56. The molecule has 1 amide bonds. The molecule has 1 aromatic rings. The van der Waals surface area contributed by atoms with Gasteiger partial charge in [-0.2, -0.15) is 0 Å². The predicted octanol–water partition coefficient (Wildman–Crippen LogP) is 2.23. The van der Waals surface area contributed by atoms with Gasteiger partial charge in [-0.15, -0.1) is 0 Å². The summed E-state index contributed by atoms with van der Waals surface area (Å²) in [6.07, 6.45) is 0.0201. The maximum absolute atomic E-state index is 12.1. The average molecular weight is 334 g/mol. The van der Waals surface area contributed by atoms with Crippen molar-refractivity contribution in [2.24, 2.45) is 0 Å². The fourth-order valence-electron chi connectivity index (χ4n) is 1.85. The van der Waals surface area contributed by atoms with Crippen LogP contribution in [0.2, 0.25) is 10.0 Å². The van der Waals surface area contributed by atoms with Crippen LogP contribution in [-0.4, -0.2) is 38.2 Å². The lowest BCUT2D eigenvalue weighted by Gasteiger charge is -2.27. The van der Waals surface area contributed by atoms with Crippen molar-refractivity contribution in [3.05, 3.63) is 33.8 Å². The van der Waals surface area contributed by atoms with E-state index in [4.69, 9.17) is 27.9 Å². The van der Waals surface area contributed by atoms with Crippen LogP contribution in [0.3, 0.4) is 0 Å². The summed E-state index contributed by atoms with van der Waals surface area (Å²) in [6.45, 7) is 1.53. The van der Waals surface area contributed by atoms with E-state index in [0.29, 0.717) is 15.6 Å². The zero-order valence-corrected chi connectivity index (χ0v) is 13.5. The maximum atomic E-state index is 12.1. The normalized spacial score (nSPS) is 13.4. The van der Waals surface area contributed by atoms with Crippen molar-refractivity contribution >= 4 is 35.1 Å². The topological polar surface area (TPSA) is 64.6 Å². The van der Waals surface area contributed by atoms with E-state index in [9.17, 15) is 9.59 Å². The molecule has 116 valence electrons. The summed E-state index contributed by atoms with van der Waals surface area (Å²) in [7, 11) is 2.68. The third kappa shape index (κ3) is 4.88. The Kier molecular flexibility index (Phi) is 6.45. The number of esters is 1. The molecular formula is C14H17Cl2NO4. The zero-order valence-electron chi connectivity index (χ0n) is 12.0. The minimum Gasteiger partial charge on any atom is -0.467 e. The number of methoxy groups -OCH3 is 2. The number of ether oxygens (including phenoxy) is 2. The van der Waals surface area contributed by atoms with Gasteiger partial charge in [0.2, 0.25) is 5.91 Å². The summed E-state index contributed by atoms with van der Waals surface area (Å²) >= 11 is 11.8. The van der Waals surface area contributed by atoms with Gasteiger partial charge in [0, 0.05) is 17.2 Å². The highest BCUT2D eigenvalue weighted by atomic mass is 35.5. The van der Waals surface area contributed by atoms with Crippen molar-refractivity contribution in [2.75, 3.05) is 20.8 Å². The molecule has 0 spiro atoms. The van der Waals surface area contributed by atoms with E-state index >= 15 is 0 Å². The van der Waals surface area contributed by atoms with Crippen LogP contribution in [0.4, 0.5) is 0 Å². The smallest absolute Gasteiger partial charge is 0.333 e. The van der Waals surface area contributed by atoms with Gasteiger partial charge in [0.1, 0.15) is 0 Å². The summed E-state index contributed by atoms with van der Waals surface area (Å²) in [4.78, 5) is 23.9. The number of hydrogen-bond acceptors (Lipinski definition) is 4. The quantitative estimate of drug-likeness (QED) is 0.811. The Morgan fingerprint density at radius 2 is 1.95 bits per heavy atom. The third-order valence-electron chi connectivity index (χ3n) is 2.85. The van der Waals surface area contributed by atoms with Gasteiger partial charge in [-0.25, -0.2) is 4.79 Å². The second-order valence-electron chi connectivity index (χ2n) is 4.72. The number of benzene rings is 1. The second kappa shape index (κ2) is 7.64. The molecule has 0 aliphatic heterocycles. The SMILES string of the molecule is COCC(C)(NC(=O)Cc1ccc(Cl)cc1Cl)C(=O)OC. The number of hydrogen-bond donors (Lipinski definition) is 1. The predicted molar refractivity (Wildman–Crippen MR) is 80.6 cm³/mol. The zero-order chi connectivity index (χ0) is 16.0. The van der Waals surface area contributed by atoms with Gasteiger partial charge >= 0.3 is 5.97 Å². The first-order valence-electron chi connectivity index (χ1n) is 6.14. The fourth-order valence-corrected chi connectivity index (χ4v) is 2.33. The first-order valence-corrected chi connectivity index (χ1v) is 6.90. The lowest BCUT2D eigenvalue weighted by atomic mass is 10.0. The molecule has 21 heavy (non-hydrogen) atoms. The summed E-state index contributed by atoms with van der Waals surface area (Å²) in [5, 5.41) is 3.49. The molecule has 1 aromatic carbocycles. The molecule has 7 heteroatoms. The first-order chi connectivity index (χ1) is 9.82. The molecule has 0 fully saturated rings. The van der Waals surface area contributed by atoms with Crippen molar-refractivity contribution in [1.82, 2.24) is 5.32 Å². The van der Waals surface area contributed by atoms with Crippen LogP contribution in [0.1, 0.15) is 12.5 Å². The number of carbonyl (C=O) groups is 2. The van der Waals surface area contributed by atoms with Gasteiger partial charge < -0.3 is 14.8 Å². The number of rotatable bonds is 6. The van der Waals surface area contributed by atoms with Gasteiger partial charge in [-0.05, 0) is 24.6 Å². The number of nitrogens with one attached hydrogen (secondary N) is 1. The van der Waals surface area contributed by atoms with E-state index in [0.717, 1.165) is 0 Å². The van der Waals surface area contributed by atoms with Crippen molar-refractivity contribution in [1.29, 1.82) is 0 Å². The van der Waals surface area contributed by atoms with Gasteiger partial charge in [-0.3, -0.25) is 4.79 Å². The summed E-state index contributed by atoms with van der Waals surface area (Å²) < 4.78 is 9.64. The molecule has 0 saturated heterocycles. The summed E-state index contributed by atoms with van der Waals surface area (Å²) in [6, 6.07) is 4.86. The highest BCUT2D eigenvalue weighted by Gasteiger charge is 2.36. The Hall–Kier alpha value is -1.30. The molecule has 1 N–H and O–H groups in total. The largest absolute Gasteiger partial charge is 0.467 e. The maximum Gasteiger partial charge on any atom is 0.333 e. The van der Waals surface area contributed by atoms with Crippen molar-refractivity contribution in [3.8, 4) is 0 Å². The lowest BCUT2D eigenvalue weighted by Crippen LogP contribution is -2.56. The molecule has 0 radical (unpaired) electrons. The lowest BCUT2D eigenvalue weighted by molar-refractivity contribution is -0.152. The van der Waals surface area contributed by atoms with Crippen LogP contribution >= 0.6 is 23.2 Å². The van der Waals surface area contributed by atoms with Gasteiger partial charge in [0.25, 0.3) is 0 Å². The molecule has 1 atom stereocenters. The Morgan fingerprint density at radius 3 is 2.48 bits per heavy atom. The number of carbonyl (C=O) groups excluding carboxylic acids is 2. The van der Waals surface area contributed by atoms with E-state index < -0.39 is 11.5 Å². The summed E-state index contributed by atoms with van der Waals surface area (Å²) in [5.41, 5.74) is -0.636. The Morgan fingerprint density at radius 1 is 1.29 bits per heavy atom. The van der Waals surface area contributed by atoms with Crippen molar-refractivity contribution in [3.63, 3.8) is 0 Å².